The van der Waals surface area contributed by atoms with Crippen LogP contribution < -0.4 is 0 Å². The molecule has 3 aromatic rings. The predicted octanol–water partition coefficient (Wildman–Crippen LogP) is 3.99. The number of carbonyl (C=O) groups excluding carboxylic acids is 1. The Kier molecular flexibility index (Phi) is 4.42. The molecule has 122 valence electrons. The van der Waals surface area contributed by atoms with Gasteiger partial charge in [-0.25, -0.2) is 4.39 Å². The fourth-order valence-electron chi connectivity index (χ4n) is 2.70. The minimum Gasteiger partial charge on any atom is -0.396 e. The lowest BCUT2D eigenvalue weighted by molar-refractivity contribution is 0.103. The molecule has 3 rings (SSSR count). The summed E-state index contributed by atoms with van der Waals surface area (Å²) in [6.45, 7) is 4.20. The molecule has 4 nitrogen and oxygen atoms in total. The average molecular weight is 324 g/mol. The SMILES string of the molecule is CCON=Cc1c(C)c(C(=O)c2ccc(F)cc2)n2ccccc12. The third-order valence-electron chi connectivity index (χ3n) is 3.84. The van der Waals surface area contributed by atoms with Gasteiger partial charge in [0.2, 0.25) is 5.78 Å². The van der Waals surface area contributed by atoms with Crippen molar-refractivity contribution in [2.75, 3.05) is 6.61 Å². The molecular weight excluding hydrogens is 307 g/mol. The van der Waals surface area contributed by atoms with Crippen molar-refractivity contribution in [1.82, 2.24) is 4.40 Å². The van der Waals surface area contributed by atoms with Gasteiger partial charge >= 0.3 is 0 Å². The van der Waals surface area contributed by atoms with Gasteiger partial charge in [0, 0.05) is 17.3 Å². The van der Waals surface area contributed by atoms with Gasteiger partial charge in [-0.3, -0.25) is 4.79 Å². The van der Waals surface area contributed by atoms with Gasteiger partial charge < -0.3 is 9.24 Å². The molecule has 0 N–H and O–H groups in total. The molecule has 0 amide bonds. The van der Waals surface area contributed by atoms with Crippen LogP contribution in [0.1, 0.15) is 34.1 Å². The number of pyridine rings is 1. The van der Waals surface area contributed by atoms with Crippen LogP contribution in [0.25, 0.3) is 5.52 Å². The Balaban J connectivity index is 2.15. The summed E-state index contributed by atoms with van der Waals surface area (Å²) < 4.78 is 14.9. The van der Waals surface area contributed by atoms with E-state index in [4.69, 9.17) is 4.84 Å². The van der Waals surface area contributed by atoms with Crippen LogP contribution in [0.15, 0.2) is 53.8 Å². The summed E-state index contributed by atoms with van der Waals surface area (Å²) in [6, 6.07) is 11.2. The van der Waals surface area contributed by atoms with Gasteiger partial charge in [0.25, 0.3) is 0 Å². The highest BCUT2D eigenvalue weighted by Crippen LogP contribution is 2.24. The maximum Gasteiger partial charge on any atom is 0.210 e. The molecule has 0 aliphatic heterocycles. The smallest absolute Gasteiger partial charge is 0.210 e. The van der Waals surface area contributed by atoms with Gasteiger partial charge in [-0.2, -0.15) is 0 Å². The van der Waals surface area contributed by atoms with E-state index in [-0.39, 0.29) is 11.6 Å². The Morgan fingerprint density at radius 1 is 1.25 bits per heavy atom. The van der Waals surface area contributed by atoms with Crippen LogP contribution in [-0.4, -0.2) is 23.0 Å². The Morgan fingerprint density at radius 3 is 2.71 bits per heavy atom. The highest BCUT2D eigenvalue weighted by Gasteiger charge is 2.20. The maximum atomic E-state index is 13.1. The number of hydrogen-bond acceptors (Lipinski definition) is 3. The average Bonchev–Trinajstić information content (AvgIpc) is 2.87. The number of carbonyl (C=O) groups is 1. The van der Waals surface area contributed by atoms with Gasteiger partial charge in [0.15, 0.2) is 0 Å². The normalized spacial score (nSPS) is 11.3. The first kappa shape index (κ1) is 15.9. The summed E-state index contributed by atoms with van der Waals surface area (Å²) in [7, 11) is 0. The Bertz CT molecular complexity index is 911. The van der Waals surface area contributed by atoms with Crippen LogP contribution >= 0.6 is 0 Å². The molecule has 0 unspecified atom stereocenters. The molecule has 2 aromatic heterocycles. The lowest BCUT2D eigenvalue weighted by Crippen LogP contribution is -2.07. The Morgan fingerprint density at radius 2 is 2.00 bits per heavy atom. The van der Waals surface area contributed by atoms with Gasteiger partial charge in [0.05, 0.1) is 17.4 Å². The van der Waals surface area contributed by atoms with E-state index in [1.54, 1.807) is 6.21 Å². The predicted molar refractivity (Wildman–Crippen MR) is 91.2 cm³/mol. The quantitative estimate of drug-likeness (QED) is 0.405. The van der Waals surface area contributed by atoms with Crippen molar-refractivity contribution in [3.05, 3.63) is 76.9 Å². The molecule has 1 aromatic carbocycles. The van der Waals surface area contributed by atoms with Crippen LogP contribution in [-0.2, 0) is 4.84 Å². The van der Waals surface area contributed by atoms with E-state index in [9.17, 15) is 9.18 Å². The molecule has 0 bridgehead atoms. The number of nitrogens with zero attached hydrogens (tertiary/aromatic N) is 2. The molecule has 5 heteroatoms. The fraction of sp³-hybridized carbons (Fsp3) is 0.158. The largest absolute Gasteiger partial charge is 0.396 e. The minimum absolute atomic E-state index is 0.162. The molecule has 24 heavy (non-hydrogen) atoms. The second kappa shape index (κ2) is 6.66. The standard InChI is InChI=1S/C19H17FN2O2/c1-3-24-21-12-16-13(2)18(22-11-5-4-6-17(16)22)19(23)14-7-9-15(20)10-8-14/h4-12H,3H2,1-2H3. The number of ketones is 1. The van der Waals surface area contributed by atoms with Crippen molar-refractivity contribution in [2.24, 2.45) is 5.16 Å². The highest BCUT2D eigenvalue weighted by atomic mass is 19.1. The lowest BCUT2D eigenvalue weighted by Gasteiger charge is -2.04. The van der Waals surface area contributed by atoms with Crippen molar-refractivity contribution in [2.45, 2.75) is 13.8 Å². The first-order chi connectivity index (χ1) is 11.6. The topological polar surface area (TPSA) is 43.1 Å². The molecule has 0 atom stereocenters. The summed E-state index contributed by atoms with van der Waals surface area (Å²) >= 11 is 0. The maximum absolute atomic E-state index is 13.1. The summed E-state index contributed by atoms with van der Waals surface area (Å²) in [4.78, 5) is 18.0. The van der Waals surface area contributed by atoms with Crippen molar-refractivity contribution >= 4 is 17.5 Å². The number of aromatic nitrogens is 1. The molecule has 0 spiro atoms. The molecular formula is C19H17FN2O2. The van der Waals surface area contributed by atoms with E-state index >= 15 is 0 Å². The van der Waals surface area contributed by atoms with Crippen LogP contribution in [0.3, 0.4) is 0 Å². The third kappa shape index (κ3) is 2.80. The fourth-order valence-corrected chi connectivity index (χ4v) is 2.70. The van der Waals surface area contributed by atoms with Crippen LogP contribution in [0.2, 0.25) is 0 Å². The monoisotopic (exact) mass is 324 g/mol. The van der Waals surface area contributed by atoms with Crippen LogP contribution in [0, 0.1) is 12.7 Å². The molecule has 0 radical (unpaired) electrons. The molecule has 2 heterocycles. The Hall–Kier alpha value is -2.95. The van der Waals surface area contributed by atoms with Gasteiger partial charge in [-0.1, -0.05) is 11.2 Å². The first-order valence-electron chi connectivity index (χ1n) is 7.68. The number of halogens is 1. The van der Waals surface area contributed by atoms with Crippen molar-refractivity contribution in [3.8, 4) is 0 Å². The van der Waals surface area contributed by atoms with E-state index in [1.165, 1.54) is 24.3 Å². The summed E-state index contributed by atoms with van der Waals surface area (Å²) in [5, 5.41) is 3.93. The van der Waals surface area contributed by atoms with Gasteiger partial charge in [-0.05, 0) is 55.8 Å². The van der Waals surface area contributed by atoms with E-state index in [2.05, 4.69) is 5.16 Å². The molecule has 0 fully saturated rings. The number of benzene rings is 1. The summed E-state index contributed by atoms with van der Waals surface area (Å²) in [5.41, 5.74) is 3.48. The molecule has 0 saturated carbocycles. The van der Waals surface area contributed by atoms with Crippen LogP contribution in [0.5, 0.6) is 0 Å². The van der Waals surface area contributed by atoms with E-state index in [0.717, 1.165) is 16.6 Å². The number of hydrogen-bond donors (Lipinski definition) is 0. The van der Waals surface area contributed by atoms with E-state index < -0.39 is 0 Å². The van der Waals surface area contributed by atoms with Crippen molar-refractivity contribution in [3.63, 3.8) is 0 Å². The lowest BCUT2D eigenvalue weighted by atomic mass is 10.0. The highest BCUT2D eigenvalue weighted by molar-refractivity contribution is 6.11. The summed E-state index contributed by atoms with van der Waals surface area (Å²) in [6.07, 6.45) is 3.45. The summed E-state index contributed by atoms with van der Waals surface area (Å²) in [5.74, 6) is -0.530. The van der Waals surface area contributed by atoms with Crippen molar-refractivity contribution in [1.29, 1.82) is 0 Å². The number of fused-ring (bicyclic) bond motifs is 1. The number of oxime groups is 1. The second-order valence-electron chi connectivity index (χ2n) is 5.33. The minimum atomic E-state index is -0.368. The Labute approximate surface area is 139 Å². The number of rotatable bonds is 5. The zero-order valence-corrected chi connectivity index (χ0v) is 13.5. The van der Waals surface area contributed by atoms with Crippen molar-refractivity contribution < 1.29 is 14.0 Å². The van der Waals surface area contributed by atoms with Gasteiger partial charge in [0.1, 0.15) is 12.4 Å². The third-order valence-corrected chi connectivity index (χ3v) is 3.84. The second-order valence-corrected chi connectivity index (χ2v) is 5.33. The molecule has 0 aliphatic carbocycles. The zero-order chi connectivity index (χ0) is 17.1. The van der Waals surface area contributed by atoms with E-state index in [0.29, 0.717) is 17.9 Å². The molecule has 0 saturated heterocycles. The molecule has 0 aliphatic rings. The first-order valence-corrected chi connectivity index (χ1v) is 7.68. The van der Waals surface area contributed by atoms with Gasteiger partial charge in [-0.15, -0.1) is 0 Å². The van der Waals surface area contributed by atoms with Crippen LogP contribution in [0.4, 0.5) is 4.39 Å². The zero-order valence-electron chi connectivity index (χ0n) is 13.5. The van der Waals surface area contributed by atoms with E-state index in [1.807, 2.05) is 42.6 Å².